The normalized spacial score (nSPS) is 20.3. The second-order valence-corrected chi connectivity index (χ2v) is 6.40. The fraction of sp³-hybridized carbons (Fsp3) is 0.364. The summed E-state index contributed by atoms with van der Waals surface area (Å²) in [5.74, 6) is 0.311. The summed E-state index contributed by atoms with van der Waals surface area (Å²) in [5, 5.41) is 3.50. The lowest BCUT2D eigenvalue weighted by Crippen LogP contribution is -2.38. The maximum atomic E-state index is 5.64. The third-order valence-electron chi connectivity index (χ3n) is 4.38. The van der Waals surface area contributed by atoms with E-state index < -0.39 is 0 Å². The van der Waals surface area contributed by atoms with E-state index in [9.17, 15) is 0 Å². The van der Waals surface area contributed by atoms with E-state index in [-0.39, 0.29) is 0 Å². The van der Waals surface area contributed by atoms with Gasteiger partial charge in [-0.1, -0.05) is 72.9 Å². The smallest absolute Gasteiger partial charge is 0.0206 e. The molecule has 1 aromatic rings. The molecule has 0 amide bonds. The molecule has 2 rings (SSSR count). The molecule has 0 spiro atoms. The lowest BCUT2D eigenvalue weighted by Gasteiger charge is -2.20. The third kappa shape index (κ3) is 7.50. The predicted octanol–water partition coefficient (Wildman–Crippen LogP) is 2.32. The van der Waals surface area contributed by atoms with Gasteiger partial charge in [0.05, 0.1) is 0 Å². The zero-order chi connectivity index (χ0) is 18.5. The van der Waals surface area contributed by atoms with E-state index in [0.717, 1.165) is 32.7 Å². The third-order valence-corrected chi connectivity index (χ3v) is 4.38. The van der Waals surface area contributed by atoms with Crippen LogP contribution in [0.15, 0.2) is 72.9 Å². The van der Waals surface area contributed by atoms with Gasteiger partial charge in [0.15, 0.2) is 0 Å². The van der Waals surface area contributed by atoms with Gasteiger partial charge in [-0.25, -0.2) is 0 Å². The molecular weight excluding hydrogens is 320 g/mol. The van der Waals surface area contributed by atoms with Crippen molar-refractivity contribution in [2.24, 2.45) is 11.5 Å². The molecule has 1 unspecified atom stereocenters. The highest BCUT2D eigenvalue weighted by atomic mass is 15.1. The molecule has 0 radical (unpaired) electrons. The molecule has 26 heavy (non-hydrogen) atoms. The first-order valence-electron chi connectivity index (χ1n) is 9.44. The van der Waals surface area contributed by atoms with Crippen LogP contribution in [-0.4, -0.2) is 44.2 Å². The standard InChI is InChI=1S/C22H32N4/c23-13-16-26(17-14-24)18-15-25-19-20-9-11-22(12-10-20)21-7-5-3-1-2-4-6-8-21/h1-12,21,25H,13-19,23-24H2/b3-1-,4-2-,7-5-,8-6?. The number of nitrogens with two attached hydrogens (primary N) is 2. The van der Waals surface area contributed by atoms with E-state index in [1.807, 2.05) is 12.2 Å². The Kier molecular flexibility index (Phi) is 9.69. The molecule has 0 fully saturated rings. The molecule has 0 aliphatic heterocycles. The van der Waals surface area contributed by atoms with Crippen molar-refractivity contribution in [3.05, 3.63) is 84.0 Å². The monoisotopic (exact) mass is 352 g/mol. The molecule has 0 heterocycles. The lowest BCUT2D eigenvalue weighted by molar-refractivity contribution is 0.287. The molecule has 1 aliphatic carbocycles. The quantitative estimate of drug-likeness (QED) is 0.565. The highest BCUT2D eigenvalue weighted by molar-refractivity contribution is 5.34. The fourth-order valence-electron chi connectivity index (χ4n) is 2.94. The summed E-state index contributed by atoms with van der Waals surface area (Å²) in [6, 6.07) is 8.85. The van der Waals surface area contributed by atoms with Gasteiger partial charge in [-0.15, -0.1) is 0 Å². The van der Waals surface area contributed by atoms with Crippen molar-refractivity contribution in [3.63, 3.8) is 0 Å². The van der Waals surface area contributed by atoms with Crippen LogP contribution in [0.3, 0.4) is 0 Å². The SMILES string of the molecule is NCCN(CCN)CCNCc1ccc(C2C=C\C=C/C=C\C=C/2)cc1. The first kappa shape index (κ1) is 20.3. The topological polar surface area (TPSA) is 67.3 Å². The van der Waals surface area contributed by atoms with Crippen molar-refractivity contribution in [3.8, 4) is 0 Å². The van der Waals surface area contributed by atoms with Crippen LogP contribution in [0.1, 0.15) is 17.0 Å². The molecule has 0 saturated heterocycles. The maximum absolute atomic E-state index is 5.64. The number of rotatable bonds is 10. The Bertz CT molecular complexity index is 586. The van der Waals surface area contributed by atoms with Crippen LogP contribution >= 0.6 is 0 Å². The van der Waals surface area contributed by atoms with Crippen molar-refractivity contribution < 1.29 is 0 Å². The molecule has 0 saturated carbocycles. The number of nitrogens with one attached hydrogen (secondary N) is 1. The molecule has 1 atom stereocenters. The van der Waals surface area contributed by atoms with Gasteiger partial charge >= 0.3 is 0 Å². The van der Waals surface area contributed by atoms with E-state index in [1.54, 1.807) is 0 Å². The van der Waals surface area contributed by atoms with Crippen LogP contribution < -0.4 is 16.8 Å². The number of hydrogen-bond donors (Lipinski definition) is 3. The molecule has 140 valence electrons. The van der Waals surface area contributed by atoms with Crippen molar-refractivity contribution in [1.82, 2.24) is 10.2 Å². The van der Waals surface area contributed by atoms with Crippen LogP contribution in [0, 0.1) is 0 Å². The van der Waals surface area contributed by atoms with E-state index in [4.69, 9.17) is 11.5 Å². The zero-order valence-corrected chi connectivity index (χ0v) is 15.6. The van der Waals surface area contributed by atoms with Gasteiger partial charge < -0.3 is 16.8 Å². The summed E-state index contributed by atoms with van der Waals surface area (Å²) in [4.78, 5) is 2.30. The Balaban J connectivity index is 1.81. The number of benzene rings is 1. The average Bonchev–Trinajstić information content (AvgIpc) is 2.80. The van der Waals surface area contributed by atoms with Crippen LogP contribution in [0.5, 0.6) is 0 Å². The summed E-state index contributed by atoms with van der Waals surface area (Å²) >= 11 is 0. The van der Waals surface area contributed by atoms with Gasteiger partial charge in [-0.05, 0) is 11.1 Å². The predicted molar refractivity (Wildman–Crippen MR) is 112 cm³/mol. The number of allylic oxidation sites excluding steroid dienone is 8. The van der Waals surface area contributed by atoms with Gasteiger partial charge in [0, 0.05) is 51.7 Å². The lowest BCUT2D eigenvalue weighted by atomic mass is 9.97. The average molecular weight is 353 g/mol. The Morgan fingerprint density at radius 3 is 1.92 bits per heavy atom. The number of nitrogens with zero attached hydrogens (tertiary/aromatic N) is 1. The first-order chi connectivity index (χ1) is 12.8. The van der Waals surface area contributed by atoms with E-state index in [0.29, 0.717) is 19.0 Å². The van der Waals surface area contributed by atoms with Crippen LogP contribution in [0.4, 0.5) is 0 Å². The highest BCUT2D eigenvalue weighted by Gasteiger charge is 2.05. The largest absolute Gasteiger partial charge is 0.329 e. The van der Waals surface area contributed by atoms with E-state index in [1.165, 1.54) is 11.1 Å². The molecule has 4 nitrogen and oxygen atoms in total. The first-order valence-corrected chi connectivity index (χ1v) is 9.44. The van der Waals surface area contributed by atoms with Gasteiger partial charge in [0.25, 0.3) is 0 Å². The van der Waals surface area contributed by atoms with Crippen molar-refractivity contribution in [1.29, 1.82) is 0 Å². The van der Waals surface area contributed by atoms with Crippen molar-refractivity contribution in [2.45, 2.75) is 12.5 Å². The zero-order valence-electron chi connectivity index (χ0n) is 15.6. The Morgan fingerprint density at radius 1 is 0.769 bits per heavy atom. The minimum atomic E-state index is 0.311. The number of hydrogen-bond acceptors (Lipinski definition) is 4. The Morgan fingerprint density at radius 2 is 1.35 bits per heavy atom. The summed E-state index contributed by atoms with van der Waals surface area (Å²) in [6.45, 7) is 5.95. The van der Waals surface area contributed by atoms with Gasteiger partial charge in [-0.3, -0.25) is 4.90 Å². The van der Waals surface area contributed by atoms with Gasteiger partial charge in [0.1, 0.15) is 0 Å². The molecule has 0 aromatic heterocycles. The van der Waals surface area contributed by atoms with Crippen LogP contribution in [-0.2, 0) is 6.54 Å². The Hall–Kier alpha value is -1.98. The summed E-state index contributed by atoms with van der Waals surface area (Å²) in [5.41, 5.74) is 13.9. The maximum Gasteiger partial charge on any atom is 0.0206 e. The molecule has 1 aromatic carbocycles. The molecular formula is C22H32N4. The molecule has 1 aliphatic rings. The molecule has 5 N–H and O–H groups in total. The van der Waals surface area contributed by atoms with Gasteiger partial charge in [-0.2, -0.15) is 0 Å². The molecule has 0 bridgehead atoms. The van der Waals surface area contributed by atoms with Crippen LogP contribution in [0.2, 0.25) is 0 Å². The summed E-state index contributed by atoms with van der Waals surface area (Å²) < 4.78 is 0. The second-order valence-electron chi connectivity index (χ2n) is 6.40. The van der Waals surface area contributed by atoms with Crippen molar-refractivity contribution >= 4 is 0 Å². The van der Waals surface area contributed by atoms with Gasteiger partial charge in [0.2, 0.25) is 0 Å². The highest BCUT2D eigenvalue weighted by Crippen LogP contribution is 2.20. The minimum Gasteiger partial charge on any atom is -0.329 e. The summed E-state index contributed by atoms with van der Waals surface area (Å²) in [7, 11) is 0. The van der Waals surface area contributed by atoms with E-state index >= 15 is 0 Å². The van der Waals surface area contributed by atoms with E-state index in [2.05, 4.69) is 70.9 Å². The second kappa shape index (κ2) is 12.4. The van der Waals surface area contributed by atoms with Crippen molar-refractivity contribution in [2.75, 3.05) is 39.3 Å². The molecule has 4 heteroatoms. The van der Waals surface area contributed by atoms with Crippen LogP contribution in [0.25, 0.3) is 0 Å². The fourth-order valence-corrected chi connectivity index (χ4v) is 2.94. The Labute approximate surface area is 157 Å². The summed E-state index contributed by atoms with van der Waals surface area (Å²) in [6.07, 6.45) is 16.9. The minimum absolute atomic E-state index is 0.311.